The van der Waals surface area contributed by atoms with Crippen molar-refractivity contribution in [3.8, 4) is 0 Å². The molecule has 0 heterocycles. The van der Waals surface area contributed by atoms with Gasteiger partial charge < -0.3 is 16.4 Å². The van der Waals surface area contributed by atoms with Crippen LogP contribution in [0.25, 0.3) is 0 Å². The summed E-state index contributed by atoms with van der Waals surface area (Å²) < 4.78 is 0. The van der Waals surface area contributed by atoms with Gasteiger partial charge in [-0.25, -0.2) is 0 Å². The standard InChI is InChI=1S/C14H21N3O2/c1-14(2,3)17-13(19)9-16-12(18)8-10-5-4-6-11(15)7-10/h4-7H,8-9,15H2,1-3H3,(H,16,18)(H,17,19). The molecule has 104 valence electrons. The predicted molar refractivity (Wildman–Crippen MR) is 75.5 cm³/mol. The lowest BCUT2D eigenvalue weighted by Gasteiger charge is -2.20. The highest BCUT2D eigenvalue weighted by Crippen LogP contribution is 2.06. The average Bonchev–Trinajstić information content (AvgIpc) is 2.24. The molecule has 1 rings (SSSR count). The molecule has 0 aliphatic carbocycles. The van der Waals surface area contributed by atoms with Gasteiger partial charge in [-0.2, -0.15) is 0 Å². The quantitative estimate of drug-likeness (QED) is 0.704. The summed E-state index contributed by atoms with van der Waals surface area (Å²) in [6.45, 7) is 5.65. The van der Waals surface area contributed by atoms with Gasteiger partial charge in [-0.1, -0.05) is 12.1 Å². The summed E-state index contributed by atoms with van der Waals surface area (Å²) in [5.41, 5.74) is 6.78. The largest absolute Gasteiger partial charge is 0.399 e. The minimum absolute atomic E-state index is 0.0155. The van der Waals surface area contributed by atoms with Crippen LogP contribution >= 0.6 is 0 Å². The van der Waals surface area contributed by atoms with Crippen LogP contribution in [-0.4, -0.2) is 23.9 Å². The van der Waals surface area contributed by atoms with Gasteiger partial charge in [-0.3, -0.25) is 9.59 Å². The van der Waals surface area contributed by atoms with Gasteiger partial charge in [-0.15, -0.1) is 0 Å². The van der Waals surface area contributed by atoms with E-state index in [1.165, 1.54) is 0 Å². The Balaban J connectivity index is 2.38. The number of hydrogen-bond donors (Lipinski definition) is 3. The van der Waals surface area contributed by atoms with Crippen molar-refractivity contribution in [1.29, 1.82) is 0 Å². The van der Waals surface area contributed by atoms with Crippen LogP contribution in [0, 0.1) is 0 Å². The number of carbonyl (C=O) groups is 2. The lowest BCUT2D eigenvalue weighted by atomic mass is 10.1. The Hall–Kier alpha value is -2.04. The van der Waals surface area contributed by atoms with Gasteiger partial charge >= 0.3 is 0 Å². The minimum Gasteiger partial charge on any atom is -0.399 e. The Kier molecular flexibility index (Phi) is 4.92. The molecule has 4 N–H and O–H groups in total. The molecular formula is C14H21N3O2. The second-order valence-corrected chi connectivity index (χ2v) is 5.50. The molecule has 0 aliphatic rings. The van der Waals surface area contributed by atoms with Crippen LogP contribution in [-0.2, 0) is 16.0 Å². The Morgan fingerprint density at radius 2 is 1.89 bits per heavy atom. The molecule has 0 saturated heterocycles. The number of nitrogen functional groups attached to an aromatic ring is 1. The first-order valence-electron chi connectivity index (χ1n) is 6.18. The van der Waals surface area contributed by atoms with Crippen LogP contribution < -0.4 is 16.4 Å². The summed E-state index contributed by atoms with van der Waals surface area (Å²) in [5.74, 6) is -0.400. The fourth-order valence-electron chi connectivity index (χ4n) is 1.59. The average molecular weight is 263 g/mol. The summed E-state index contributed by atoms with van der Waals surface area (Å²) in [6, 6.07) is 7.13. The Morgan fingerprint density at radius 3 is 2.47 bits per heavy atom. The zero-order chi connectivity index (χ0) is 14.5. The van der Waals surface area contributed by atoms with Gasteiger partial charge in [0.2, 0.25) is 11.8 Å². The maximum atomic E-state index is 11.7. The molecule has 1 aromatic rings. The number of anilines is 1. The molecule has 5 heteroatoms. The Bertz CT molecular complexity index is 464. The van der Waals surface area contributed by atoms with Crippen LogP contribution in [0.5, 0.6) is 0 Å². The molecule has 2 amide bonds. The van der Waals surface area contributed by atoms with Crippen molar-refractivity contribution in [2.24, 2.45) is 0 Å². The van der Waals surface area contributed by atoms with Crippen LogP contribution in [0.3, 0.4) is 0 Å². The van der Waals surface area contributed by atoms with Gasteiger partial charge in [0.05, 0.1) is 13.0 Å². The maximum absolute atomic E-state index is 11.7. The molecule has 0 saturated carbocycles. The molecule has 0 radical (unpaired) electrons. The summed E-state index contributed by atoms with van der Waals surface area (Å²) in [7, 11) is 0. The molecule has 5 nitrogen and oxygen atoms in total. The van der Waals surface area contributed by atoms with Crippen molar-refractivity contribution >= 4 is 17.5 Å². The van der Waals surface area contributed by atoms with E-state index in [1.807, 2.05) is 26.8 Å². The summed E-state index contributed by atoms with van der Waals surface area (Å²) in [4.78, 5) is 23.2. The smallest absolute Gasteiger partial charge is 0.239 e. The summed E-state index contributed by atoms with van der Waals surface area (Å²) in [5, 5.41) is 5.35. The topological polar surface area (TPSA) is 84.2 Å². The van der Waals surface area contributed by atoms with Crippen molar-refractivity contribution in [3.63, 3.8) is 0 Å². The monoisotopic (exact) mass is 263 g/mol. The van der Waals surface area contributed by atoms with E-state index < -0.39 is 0 Å². The molecule has 0 bridgehead atoms. The highest BCUT2D eigenvalue weighted by Gasteiger charge is 2.14. The molecule has 0 atom stereocenters. The molecule has 1 aromatic carbocycles. The van der Waals surface area contributed by atoms with E-state index in [9.17, 15) is 9.59 Å². The number of carbonyl (C=O) groups excluding carboxylic acids is 2. The van der Waals surface area contributed by atoms with Crippen molar-refractivity contribution in [2.45, 2.75) is 32.7 Å². The first-order chi connectivity index (χ1) is 8.76. The van der Waals surface area contributed by atoms with E-state index in [-0.39, 0.29) is 30.3 Å². The molecule has 0 aromatic heterocycles. The Morgan fingerprint density at radius 1 is 1.21 bits per heavy atom. The number of amides is 2. The van der Waals surface area contributed by atoms with Crippen molar-refractivity contribution < 1.29 is 9.59 Å². The maximum Gasteiger partial charge on any atom is 0.239 e. The highest BCUT2D eigenvalue weighted by molar-refractivity contribution is 5.86. The first-order valence-corrected chi connectivity index (χ1v) is 6.18. The van der Waals surface area contributed by atoms with Gasteiger partial charge in [-0.05, 0) is 38.5 Å². The summed E-state index contributed by atoms with van der Waals surface area (Å²) in [6.07, 6.45) is 0.216. The number of rotatable bonds is 4. The third-order valence-corrected chi connectivity index (χ3v) is 2.28. The lowest BCUT2D eigenvalue weighted by Crippen LogP contribution is -2.46. The van der Waals surface area contributed by atoms with Gasteiger partial charge in [0, 0.05) is 11.2 Å². The third-order valence-electron chi connectivity index (χ3n) is 2.28. The Labute approximate surface area is 113 Å². The second kappa shape index (κ2) is 6.22. The van der Waals surface area contributed by atoms with Crippen molar-refractivity contribution in [1.82, 2.24) is 10.6 Å². The van der Waals surface area contributed by atoms with Gasteiger partial charge in [0.1, 0.15) is 0 Å². The third kappa shape index (κ3) is 6.45. The van der Waals surface area contributed by atoms with Crippen LogP contribution in [0.15, 0.2) is 24.3 Å². The fourth-order valence-corrected chi connectivity index (χ4v) is 1.59. The molecular weight excluding hydrogens is 242 g/mol. The normalized spacial score (nSPS) is 10.9. The minimum atomic E-state index is -0.296. The second-order valence-electron chi connectivity index (χ2n) is 5.50. The number of benzene rings is 1. The predicted octanol–water partition coefficient (Wildman–Crippen LogP) is 0.842. The van der Waals surface area contributed by atoms with Crippen LogP contribution in [0.1, 0.15) is 26.3 Å². The lowest BCUT2D eigenvalue weighted by molar-refractivity contribution is -0.126. The van der Waals surface area contributed by atoms with Crippen molar-refractivity contribution in [2.75, 3.05) is 12.3 Å². The number of nitrogens with one attached hydrogen (secondary N) is 2. The van der Waals surface area contributed by atoms with E-state index in [1.54, 1.807) is 18.2 Å². The van der Waals surface area contributed by atoms with E-state index in [0.29, 0.717) is 5.69 Å². The fraction of sp³-hybridized carbons (Fsp3) is 0.429. The molecule has 0 aliphatic heterocycles. The molecule has 0 unspecified atom stereocenters. The number of nitrogens with two attached hydrogens (primary N) is 1. The molecule has 0 fully saturated rings. The van der Waals surface area contributed by atoms with Gasteiger partial charge in [0.15, 0.2) is 0 Å². The summed E-state index contributed by atoms with van der Waals surface area (Å²) >= 11 is 0. The number of hydrogen-bond acceptors (Lipinski definition) is 3. The van der Waals surface area contributed by atoms with Crippen molar-refractivity contribution in [3.05, 3.63) is 29.8 Å². The van der Waals surface area contributed by atoms with E-state index in [0.717, 1.165) is 5.56 Å². The highest BCUT2D eigenvalue weighted by atomic mass is 16.2. The van der Waals surface area contributed by atoms with E-state index in [4.69, 9.17) is 5.73 Å². The van der Waals surface area contributed by atoms with Crippen LogP contribution in [0.2, 0.25) is 0 Å². The molecule has 0 spiro atoms. The first kappa shape index (κ1) is 15.0. The zero-order valence-corrected chi connectivity index (χ0v) is 11.6. The SMILES string of the molecule is CC(C)(C)NC(=O)CNC(=O)Cc1cccc(N)c1. The van der Waals surface area contributed by atoms with E-state index >= 15 is 0 Å². The van der Waals surface area contributed by atoms with Gasteiger partial charge in [0.25, 0.3) is 0 Å². The van der Waals surface area contributed by atoms with Crippen LogP contribution in [0.4, 0.5) is 5.69 Å². The zero-order valence-electron chi connectivity index (χ0n) is 11.6. The molecule has 19 heavy (non-hydrogen) atoms. The van der Waals surface area contributed by atoms with E-state index in [2.05, 4.69) is 10.6 Å².